The molecule has 5 heteroatoms. The van der Waals surface area contributed by atoms with Crippen LogP contribution in [-0.2, 0) is 14.9 Å². The molecule has 0 unspecified atom stereocenters. The van der Waals surface area contributed by atoms with Gasteiger partial charge >= 0.3 is 6.09 Å². The summed E-state index contributed by atoms with van der Waals surface area (Å²) in [5.74, 6) is 0.166. The summed E-state index contributed by atoms with van der Waals surface area (Å²) < 4.78 is 4.82. The van der Waals surface area contributed by atoms with Crippen LogP contribution in [0.4, 0.5) is 10.5 Å². The van der Waals surface area contributed by atoms with Crippen LogP contribution in [0.25, 0.3) is 0 Å². The van der Waals surface area contributed by atoms with Crippen LogP contribution in [0.3, 0.4) is 0 Å². The first-order valence-corrected chi connectivity index (χ1v) is 7.76. The number of likely N-dealkylation sites (tertiary alicyclic amines) is 1. The van der Waals surface area contributed by atoms with Gasteiger partial charge in [0.05, 0.1) is 7.11 Å². The second-order valence-corrected chi connectivity index (χ2v) is 6.21. The van der Waals surface area contributed by atoms with Gasteiger partial charge in [0.2, 0.25) is 5.91 Å². The summed E-state index contributed by atoms with van der Waals surface area (Å²) in [5, 5.41) is 0. The molecule has 1 spiro atoms. The Hall–Kier alpha value is -2.04. The molecule has 22 heavy (non-hydrogen) atoms. The predicted molar refractivity (Wildman–Crippen MR) is 84.0 cm³/mol. The molecule has 2 aliphatic heterocycles. The van der Waals surface area contributed by atoms with Crippen molar-refractivity contribution in [3.63, 3.8) is 0 Å². The maximum Gasteiger partial charge on any atom is 0.409 e. The standard InChI is InChI=1S/C17H22N2O3/c1-18-14-6-4-3-5-13(14)17(8-7-15(18)20)9-11-19(12-10-17)16(21)22-2/h3-6H,7-12H2,1-2H3. The molecule has 0 aliphatic carbocycles. The Balaban J connectivity index is 1.93. The number of anilines is 1. The number of piperidine rings is 1. The van der Waals surface area contributed by atoms with Crippen LogP contribution in [0, 0.1) is 0 Å². The van der Waals surface area contributed by atoms with Crippen molar-refractivity contribution in [3.05, 3.63) is 29.8 Å². The van der Waals surface area contributed by atoms with E-state index in [0.29, 0.717) is 19.5 Å². The number of amides is 2. The van der Waals surface area contributed by atoms with Crippen molar-refractivity contribution in [2.75, 3.05) is 32.1 Å². The average Bonchev–Trinajstić information content (AvgIpc) is 2.67. The first-order valence-electron chi connectivity index (χ1n) is 7.76. The zero-order chi connectivity index (χ0) is 15.7. The van der Waals surface area contributed by atoms with E-state index in [1.165, 1.54) is 12.7 Å². The Kier molecular flexibility index (Phi) is 3.81. The summed E-state index contributed by atoms with van der Waals surface area (Å²) in [5.41, 5.74) is 2.24. The highest BCUT2D eigenvalue weighted by Crippen LogP contribution is 2.45. The molecule has 1 aromatic carbocycles. The normalized spacial score (nSPS) is 20.5. The minimum absolute atomic E-state index is 0.0124. The summed E-state index contributed by atoms with van der Waals surface area (Å²) in [6.45, 7) is 1.36. The van der Waals surface area contributed by atoms with Crippen LogP contribution in [0.15, 0.2) is 24.3 Å². The molecule has 2 amide bonds. The number of nitrogens with zero attached hydrogens (tertiary/aromatic N) is 2. The van der Waals surface area contributed by atoms with E-state index in [-0.39, 0.29) is 17.4 Å². The van der Waals surface area contributed by atoms with Crippen molar-refractivity contribution in [2.45, 2.75) is 31.1 Å². The van der Waals surface area contributed by atoms with Crippen LogP contribution in [0.1, 0.15) is 31.2 Å². The summed E-state index contributed by atoms with van der Waals surface area (Å²) >= 11 is 0. The highest BCUT2D eigenvalue weighted by Gasteiger charge is 2.41. The fourth-order valence-corrected chi connectivity index (χ4v) is 3.76. The summed E-state index contributed by atoms with van der Waals surface area (Å²) in [7, 11) is 3.27. The van der Waals surface area contributed by atoms with Gasteiger partial charge in [-0.25, -0.2) is 4.79 Å². The number of para-hydroxylation sites is 1. The number of ether oxygens (including phenoxy) is 1. The molecular formula is C17H22N2O3. The summed E-state index contributed by atoms with van der Waals surface area (Å²) in [4.78, 5) is 27.5. The third kappa shape index (κ3) is 2.34. The van der Waals surface area contributed by atoms with Crippen molar-refractivity contribution in [1.82, 2.24) is 4.90 Å². The average molecular weight is 302 g/mol. The van der Waals surface area contributed by atoms with Gasteiger partial charge in [-0.05, 0) is 30.9 Å². The third-order valence-corrected chi connectivity index (χ3v) is 5.18. The molecule has 3 rings (SSSR count). The Bertz CT molecular complexity index is 591. The van der Waals surface area contributed by atoms with Crippen molar-refractivity contribution in [3.8, 4) is 0 Å². The lowest BCUT2D eigenvalue weighted by molar-refractivity contribution is -0.118. The van der Waals surface area contributed by atoms with E-state index in [1.807, 2.05) is 25.2 Å². The maximum absolute atomic E-state index is 12.3. The van der Waals surface area contributed by atoms with E-state index >= 15 is 0 Å². The van der Waals surface area contributed by atoms with Crippen LogP contribution in [-0.4, -0.2) is 44.1 Å². The molecule has 1 fully saturated rings. The molecular weight excluding hydrogens is 280 g/mol. The lowest BCUT2D eigenvalue weighted by Gasteiger charge is -2.41. The largest absolute Gasteiger partial charge is 0.453 e. The van der Waals surface area contributed by atoms with E-state index in [0.717, 1.165) is 24.9 Å². The number of methoxy groups -OCH3 is 1. The van der Waals surface area contributed by atoms with E-state index in [2.05, 4.69) is 6.07 Å². The van der Waals surface area contributed by atoms with Crippen molar-refractivity contribution in [1.29, 1.82) is 0 Å². The van der Waals surface area contributed by atoms with Gasteiger partial charge in [0.25, 0.3) is 0 Å². The summed E-state index contributed by atoms with van der Waals surface area (Å²) in [6, 6.07) is 8.17. The zero-order valence-electron chi connectivity index (χ0n) is 13.2. The monoisotopic (exact) mass is 302 g/mol. The molecule has 2 heterocycles. The van der Waals surface area contributed by atoms with Crippen molar-refractivity contribution >= 4 is 17.7 Å². The van der Waals surface area contributed by atoms with Crippen LogP contribution in [0.5, 0.6) is 0 Å². The number of hydrogen-bond acceptors (Lipinski definition) is 3. The van der Waals surface area contributed by atoms with Gasteiger partial charge in [0, 0.05) is 37.7 Å². The van der Waals surface area contributed by atoms with E-state index in [9.17, 15) is 9.59 Å². The number of carbonyl (C=O) groups is 2. The van der Waals surface area contributed by atoms with Gasteiger partial charge in [-0.2, -0.15) is 0 Å². The van der Waals surface area contributed by atoms with Gasteiger partial charge in [-0.1, -0.05) is 18.2 Å². The molecule has 1 saturated heterocycles. The molecule has 5 nitrogen and oxygen atoms in total. The first kappa shape index (κ1) is 14.9. The Morgan fingerprint density at radius 3 is 2.55 bits per heavy atom. The minimum Gasteiger partial charge on any atom is -0.453 e. The SMILES string of the molecule is COC(=O)N1CCC2(CCC(=O)N(C)c3ccccc32)CC1. The molecule has 118 valence electrons. The number of benzene rings is 1. The molecule has 0 bridgehead atoms. The Labute approximate surface area is 130 Å². The van der Waals surface area contributed by atoms with Crippen LogP contribution >= 0.6 is 0 Å². The van der Waals surface area contributed by atoms with E-state index in [4.69, 9.17) is 4.74 Å². The molecule has 1 aromatic rings. The minimum atomic E-state index is -0.259. The molecule has 0 radical (unpaired) electrons. The van der Waals surface area contributed by atoms with Crippen molar-refractivity contribution in [2.24, 2.45) is 0 Å². The number of fused-ring (bicyclic) bond motifs is 2. The Morgan fingerprint density at radius 1 is 1.18 bits per heavy atom. The molecule has 0 saturated carbocycles. The maximum atomic E-state index is 12.3. The third-order valence-electron chi connectivity index (χ3n) is 5.18. The van der Waals surface area contributed by atoms with Gasteiger partial charge in [0.15, 0.2) is 0 Å². The lowest BCUT2D eigenvalue weighted by atomic mass is 9.70. The fourth-order valence-electron chi connectivity index (χ4n) is 3.76. The van der Waals surface area contributed by atoms with Gasteiger partial charge in [-0.3, -0.25) is 4.79 Å². The van der Waals surface area contributed by atoms with E-state index < -0.39 is 0 Å². The van der Waals surface area contributed by atoms with E-state index in [1.54, 1.807) is 9.80 Å². The Morgan fingerprint density at radius 2 is 1.86 bits per heavy atom. The molecule has 2 aliphatic rings. The quantitative estimate of drug-likeness (QED) is 0.740. The molecule has 0 N–H and O–H groups in total. The number of carbonyl (C=O) groups excluding carboxylic acids is 2. The molecule has 0 atom stereocenters. The topological polar surface area (TPSA) is 49.9 Å². The zero-order valence-corrected chi connectivity index (χ0v) is 13.2. The predicted octanol–water partition coefficient (Wildman–Crippen LogP) is 2.54. The van der Waals surface area contributed by atoms with Crippen molar-refractivity contribution < 1.29 is 14.3 Å². The lowest BCUT2D eigenvalue weighted by Crippen LogP contribution is -2.45. The molecule has 0 aromatic heterocycles. The second-order valence-electron chi connectivity index (χ2n) is 6.21. The van der Waals surface area contributed by atoms with Crippen LogP contribution < -0.4 is 4.90 Å². The fraction of sp³-hybridized carbons (Fsp3) is 0.529. The highest BCUT2D eigenvalue weighted by molar-refractivity contribution is 5.94. The number of rotatable bonds is 0. The highest BCUT2D eigenvalue weighted by atomic mass is 16.5. The van der Waals surface area contributed by atoms with Gasteiger partial charge in [-0.15, -0.1) is 0 Å². The number of hydrogen-bond donors (Lipinski definition) is 0. The smallest absolute Gasteiger partial charge is 0.409 e. The van der Waals surface area contributed by atoms with Gasteiger partial charge in [0.1, 0.15) is 0 Å². The van der Waals surface area contributed by atoms with Gasteiger partial charge < -0.3 is 14.5 Å². The summed E-state index contributed by atoms with van der Waals surface area (Å²) in [6.07, 6.45) is 2.90. The van der Waals surface area contributed by atoms with Crippen LogP contribution in [0.2, 0.25) is 0 Å². The first-order chi connectivity index (χ1) is 10.6. The second kappa shape index (κ2) is 5.63.